The number of hydrogen-bond acceptors (Lipinski definition) is 4. The van der Waals surface area contributed by atoms with Gasteiger partial charge in [0.1, 0.15) is 0 Å². The van der Waals surface area contributed by atoms with Crippen LogP contribution in [0.15, 0.2) is 24.3 Å². The molecule has 0 atom stereocenters. The number of amides is 1. The second-order valence-electron chi connectivity index (χ2n) is 6.58. The summed E-state index contributed by atoms with van der Waals surface area (Å²) >= 11 is 0. The maximum absolute atomic E-state index is 12.6. The Kier molecular flexibility index (Phi) is 7.63. The largest absolute Gasteiger partial charge is 0.341 e. The van der Waals surface area contributed by atoms with Gasteiger partial charge in [-0.05, 0) is 24.8 Å². The number of carbonyl (C=O) groups excluding carboxylic acids is 1. The fraction of sp³-hybridized carbons (Fsp3) is 0.588. The number of hydrogen-bond donors (Lipinski definition) is 1. The fourth-order valence-corrected chi connectivity index (χ4v) is 3.38. The minimum absolute atomic E-state index is 0. The average molecular weight is 356 g/mol. The first kappa shape index (κ1) is 20.4. The molecule has 7 heteroatoms. The van der Waals surface area contributed by atoms with E-state index in [1.54, 1.807) is 30.1 Å². The van der Waals surface area contributed by atoms with Crippen molar-refractivity contribution in [2.45, 2.75) is 45.1 Å². The van der Waals surface area contributed by atoms with Gasteiger partial charge in [-0.15, -0.1) is 12.4 Å². The van der Waals surface area contributed by atoms with Gasteiger partial charge in [0, 0.05) is 25.1 Å². The van der Waals surface area contributed by atoms with Crippen LogP contribution in [0.3, 0.4) is 0 Å². The molecule has 24 heavy (non-hydrogen) atoms. The molecule has 0 spiro atoms. The normalized spacial score (nSPS) is 16.1. The van der Waals surface area contributed by atoms with E-state index in [9.17, 15) is 14.9 Å². The van der Waals surface area contributed by atoms with Crippen LogP contribution >= 0.6 is 12.4 Å². The number of halogens is 1. The molecule has 0 saturated heterocycles. The molecule has 0 heterocycles. The van der Waals surface area contributed by atoms with E-state index in [0.717, 1.165) is 25.7 Å². The molecule has 2 rings (SSSR count). The Labute approximate surface area is 149 Å². The van der Waals surface area contributed by atoms with Crippen LogP contribution in [-0.2, 0) is 11.3 Å². The Morgan fingerprint density at radius 3 is 2.50 bits per heavy atom. The molecule has 1 aromatic rings. The lowest BCUT2D eigenvalue weighted by Crippen LogP contribution is -2.39. The van der Waals surface area contributed by atoms with Gasteiger partial charge in [-0.3, -0.25) is 14.9 Å². The smallest absolute Gasteiger partial charge is 0.274 e. The predicted molar refractivity (Wildman–Crippen MR) is 96.0 cm³/mol. The van der Waals surface area contributed by atoms with Gasteiger partial charge in [-0.2, -0.15) is 0 Å². The van der Waals surface area contributed by atoms with Crippen molar-refractivity contribution in [3.05, 3.63) is 39.9 Å². The zero-order valence-electron chi connectivity index (χ0n) is 14.1. The standard InChI is InChI=1S/C17H25N3O3.ClH/c1-19(12-14-7-3-4-8-15(14)20(22)23)16(21)11-17(13-18)9-5-2-6-10-17;/h3-4,7-8H,2,5-6,9-13,18H2,1H3;1H. The first-order valence-electron chi connectivity index (χ1n) is 8.14. The highest BCUT2D eigenvalue weighted by Crippen LogP contribution is 2.38. The average Bonchev–Trinajstić information content (AvgIpc) is 2.56. The molecular weight excluding hydrogens is 330 g/mol. The second-order valence-corrected chi connectivity index (χ2v) is 6.58. The lowest BCUT2D eigenvalue weighted by atomic mass is 9.71. The highest BCUT2D eigenvalue weighted by molar-refractivity contribution is 5.85. The molecule has 0 aliphatic heterocycles. The van der Waals surface area contributed by atoms with Crippen LogP contribution in [0.25, 0.3) is 0 Å². The SMILES string of the molecule is CN(Cc1ccccc1[N+](=O)[O-])C(=O)CC1(CN)CCCCC1.Cl. The Balaban J connectivity index is 0.00000288. The number of para-hydroxylation sites is 1. The summed E-state index contributed by atoms with van der Waals surface area (Å²) in [6.07, 6.45) is 5.88. The first-order valence-corrected chi connectivity index (χ1v) is 8.14. The molecule has 0 bridgehead atoms. The number of carbonyl (C=O) groups is 1. The summed E-state index contributed by atoms with van der Waals surface area (Å²) in [5, 5.41) is 11.1. The van der Waals surface area contributed by atoms with Gasteiger partial charge in [0.2, 0.25) is 5.91 Å². The Bertz CT molecular complexity index is 574. The van der Waals surface area contributed by atoms with Gasteiger partial charge >= 0.3 is 0 Å². The van der Waals surface area contributed by atoms with Crippen molar-refractivity contribution in [2.24, 2.45) is 11.1 Å². The summed E-state index contributed by atoms with van der Waals surface area (Å²) < 4.78 is 0. The number of nitro groups is 1. The van der Waals surface area contributed by atoms with Crippen LogP contribution in [0.4, 0.5) is 5.69 Å². The summed E-state index contributed by atoms with van der Waals surface area (Å²) in [6.45, 7) is 0.773. The van der Waals surface area contributed by atoms with E-state index >= 15 is 0 Å². The number of nitrogens with two attached hydrogens (primary N) is 1. The molecule has 134 valence electrons. The molecule has 2 N–H and O–H groups in total. The number of nitrogens with zero attached hydrogens (tertiary/aromatic N) is 2. The van der Waals surface area contributed by atoms with Crippen molar-refractivity contribution in [3.8, 4) is 0 Å². The van der Waals surface area contributed by atoms with Gasteiger partial charge in [-0.25, -0.2) is 0 Å². The van der Waals surface area contributed by atoms with E-state index in [1.165, 1.54) is 12.5 Å². The molecule has 6 nitrogen and oxygen atoms in total. The van der Waals surface area contributed by atoms with Crippen molar-refractivity contribution >= 4 is 24.0 Å². The minimum atomic E-state index is -0.407. The van der Waals surface area contributed by atoms with Crippen molar-refractivity contribution in [1.82, 2.24) is 4.90 Å². The second kappa shape index (κ2) is 8.99. The number of nitro benzene ring substituents is 1. The minimum Gasteiger partial charge on any atom is -0.341 e. The van der Waals surface area contributed by atoms with Gasteiger partial charge in [0.05, 0.1) is 11.5 Å². The van der Waals surface area contributed by atoms with Gasteiger partial charge in [0.25, 0.3) is 5.69 Å². The lowest BCUT2D eigenvalue weighted by Gasteiger charge is -2.36. The van der Waals surface area contributed by atoms with Crippen molar-refractivity contribution < 1.29 is 9.72 Å². The highest BCUT2D eigenvalue weighted by Gasteiger charge is 2.34. The van der Waals surface area contributed by atoms with Crippen LogP contribution in [0.5, 0.6) is 0 Å². The van der Waals surface area contributed by atoms with E-state index < -0.39 is 4.92 Å². The molecule has 1 aliphatic carbocycles. The number of rotatable bonds is 6. The quantitative estimate of drug-likeness (QED) is 0.626. The molecule has 1 saturated carbocycles. The maximum Gasteiger partial charge on any atom is 0.274 e. The van der Waals surface area contributed by atoms with Gasteiger partial charge < -0.3 is 10.6 Å². The van der Waals surface area contributed by atoms with E-state index in [-0.39, 0.29) is 36.0 Å². The molecule has 1 aliphatic rings. The number of benzene rings is 1. The zero-order chi connectivity index (χ0) is 16.9. The Hall–Kier alpha value is -1.66. The monoisotopic (exact) mass is 355 g/mol. The van der Waals surface area contributed by atoms with E-state index in [2.05, 4.69) is 0 Å². The van der Waals surface area contributed by atoms with Crippen LogP contribution in [-0.4, -0.2) is 29.3 Å². The molecule has 1 fully saturated rings. The van der Waals surface area contributed by atoms with Crippen molar-refractivity contribution in [1.29, 1.82) is 0 Å². The maximum atomic E-state index is 12.6. The zero-order valence-corrected chi connectivity index (χ0v) is 14.9. The molecular formula is C17H26ClN3O3. The molecule has 0 radical (unpaired) electrons. The van der Waals surface area contributed by atoms with Crippen LogP contribution in [0.2, 0.25) is 0 Å². The van der Waals surface area contributed by atoms with E-state index in [4.69, 9.17) is 5.73 Å². The van der Waals surface area contributed by atoms with E-state index in [1.807, 2.05) is 0 Å². The first-order chi connectivity index (χ1) is 11.0. The van der Waals surface area contributed by atoms with Crippen molar-refractivity contribution in [2.75, 3.05) is 13.6 Å². The fourth-order valence-electron chi connectivity index (χ4n) is 3.38. The topological polar surface area (TPSA) is 89.5 Å². The predicted octanol–water partition coefficient (Wildman–Crippen LogP) is 3.27. The van der Waals surface area contributed by atoms with Crippen LogP contribution in [0, 0.1) is 15.5 Å². The summed E-state index contributed by atoms with van der Waals surface area (Å²) in [5.41, 5.74) is 6.46. The van der Waals surface area contributed by atoms with Crippen molar-refractivity contribution in [3.63, 3.8) is 0 Å². The van der Waals surface area contributed by atoms with Gasteiger partial charge in [0.15, 0.2) is 0 Å². The lowest BCUT2D eigenvalue weighted by molar-refractivity contribution is -0.385. The van der Waals surface area contributed by atoms with Crippen LogP contribution in [0.1, 0.15) is 44.1 Å². The molecule has 0 unspecified atom stereocenters. The summed E-state index contributed by atoms with van der Waals surface area (Å²) in [4.78, 5) is 24.8. The van der Waals surface area contributed by atoms with Crippen LogP contribution < -0.4 is 5.73 Å². The Morgan fingerprint density at radius 1 is 1.29 bits per heavy atom. The molecule has 1 aromatic carbocycles. The highest BCUT2D eigenvalue weighted by atomic mass is 35.5. The Morgan fingerprint density at radius 2 is 1.92 bits per heavy atom. The third-order valence-corrected chi connectivity index (χ3v) is 4.90. The third kappa shape index (κ3) is 4.92. The summed E-state index contributed by atoms with van der Waals surface area (Å²) in [6, 6.07) is 6.55. The molecule has 1 amide bonds. The molecule has 0 aromatic heterocycles. The van der Waals surface area contributed by atoms with E-state index in [0.29, 0.717) is 18.5 Å². The third-order valence-electron chi connectivity index (χ3n) is 4.90. The summed E-state index contributed by atoms with van der Waals surface area (Å²) in [7, 11) is 1.70. The van der Waals surface area contributed by atoms with Gasteiger partial charge in [-0.1, -0.05) is 37.5 Å². The summed E-state index contributed by atoms with van der Waals surface area (Å²) in [5.74, 6) is 0.00972.